The van der Waals surface area contributed by atoms with Crippen molar-refractivity contribution in [1.29, 1.82) is 0 Å². The molecule has 26 heavy (non-hydrogen) atoms. The molecule has 6 nitrogen and oxygen atoms in total. The number of aromatic nitrogens is 1. The summed E-state index contributed by atoms with van der Waals surface area (Å²) in [4.78, 5) is 34.8. The van der Waals surface area contributed by atoms with Gasteiger partial charge in [-0.15, -0.1) is 0 Å². The monoisotopic (exact) mass is 376 g/mol. The van der Waals surface area contributed by atoms with Gasteiger partial charge in [0.25, 0.3) is 0 Å². The van der Waals surface area contributed by atoms with Gasteiger partial charge in [0.2, 0.25) is 11.7 Å². The smallest absolute Gasteiger partial charge is 0.308 e. The van der Waals surface area contributed by atoms with Crippen LogP contribution in [0.3, 0.4) is 0 Å². The lowest BCUT2D eigenvalue weighted by Crippen LogP contribution is -2.24. The summed E-state index contributed by atoms with van der Waals surface area (Å²) in [5, 5.41) is 3.14. The van der Waals surface area contributed by atoms with Crippen molar-refractivity contribution in [2.24, 2.45) is 0 Å². The summed E-state index contributed by atoms with van der Waals surface area (Å²) in [6, 6.07) is 9.09. The minimum absolute atomic E-state index is 0.0245. The van der Waals surface area contributed by atoms with Gasteiger partial charge in [-0.05, 0) is 44.2 Å². The van der Waals surface area contributed by atoms with Crippen LogP contribution in [0.2, 0.25) is 5.02 Å². The molecule has 2 rings (SSSR count). The number of hydrogen-bond donors (Lipinski definition) is 1. The highest BCUT2D eigenvalue weighted by Gasteiger charge is 2.18. The van der Waals surface area contributed by atoms with Crippen LogP contribution < -0.4 is 5.32 Å². The number of halogens is 1. The number of hydrogen-bond acceptors (Lipinski definition) is 4. The van der Waals surface area contributed by atoms with E-state index >= 15 is 0 Å². The van der Waals surface area contributed by atoms with Crippen molar-refractivity contribution in [3.8, 4) is 5.69 Å². The zero-order valence-corrected chi connectivity index (χ0v) is 15.7. The summed E-state index contributed by atoms with van der Waals surface area (Å²) in [6.45, 7) is 4.97. The Labute approximate surface area is 157 Å². The van der Waals surface area contributed by atoms with E-state index in [1.807, 2.05) is 30.5 Å². The van der Waals surface area contributed by atoms with Gasteiger partial charge in [0.05, 0.1) is 6.42 Å². The molecule has 1 aromatic heterocycles. The largest absolute Gasteiger partial charge is 0.457 e. The van der Waals surface area contributed by atoms with E-state index in [9.17, 15) is 14.4 Å². The second-order valence-corrected chi connectivity index (χ2v) is 6.35. The molecule has 0 aliphatic carbocycles. The Morgan fingerprint density at radius 2 is 1.81 bits per heavy atom. The Kier molecular flexibility index (Phi) is 6.58. The van der Waals surface area contributed by atoms with Crippen molar-refractivity contribution >= 4 is 29.3 Å². The minimum Gasteiger partial charge on any atom is -0.457 e. The van der Waals surface area contributed by atoms with Gasteiger partial charge in [0.15, 0.2) is 6.61 Å². The zero-order chi connectivity index (χ0) is 19.3. The maximum absolute atomic E-state index is 12.4. The summed E-state index contributed by atoms with van der Waals surface area (Å²) < 4.78 is 6.95. The number of aryl methyl sites for hydroxylation is 1. The topological polar surface area (TPSA) is 77.4 Å². The van der Waals surface area contributed by atoms with Crippen LogP contribution >= 0.6 is 11.6 Å². The molecule has 1 N–H and O–H groups in total. The molecule has 0 bridgehead atoms. The number of amides is 1. The molecule has 2 aromatic rings. The third kappa shape index (κ3) is 4.95. The summed E-state index contributed by atoms with van der Waals surface area (Å²) >= 11 is 5.92. The predicted octanol–water partition coefficient (Wildman–Crippen LogP) is 3.00. The first kappa shape index (κ1) is 19.7. The highest BCUT2D eigenvalue weighted by atomic mass is 35.5. The van der Waals surface area contributed by atoms with Gasteiger partial charge in [-0.25, -0.2) is 0 Å². The predicted molar refractivity (Wildman–Crippen MR) is 98.8 cm³/mol. The average molecular weight is 377 g/mol. The fourth-order valence-electron chi connectivity index (χ4n) is 2.67. The number of ether oxygens (including phenoxy) is 1. The normalized spacial score (nSPS) is 10.5. The first-order chi connectivity index (χ1) is 12.3. The van der Waals surface area contributed by atoms with Crippen molar-refractivity contribution in [2.75, 3.05) is 13.2 Å². The van der Waals surface area contributed by atoms with Crippen molar-refractivity contribution < 1.29 is 19.1 Å². The summed E-state index contributed by atoms with van der Waals surface area (Å²) in [5.74, 6) is -1.02. The fourth-order valence-corrected chi connectivity index (χ4v) is 2.80. The molecule has 0 spiro atoms. The molecule has 0 saturated heterocycles. The van der Waals surface area contributed by atoms with Crippen LogP contribution in [-0.4, -0.2) is 35.4 Å². The van der Waals surface area contributed by atoms with Gasteiger partial charge < -0.3 is 14.6 Å². The molecule has 7 heteroatoms. The quantitative estimate of drug-likeness (QED) is 0.595. The number of benzene rings is 1. The first-order valence-electron chi connectivity index (χ1n) is 8.17. The Bertz CT molecular complexity index is 825. The zero-order valence-electron chi connectivity index (χ0n) is 15.0. The summed E-state index contributed by atoms with van der Waals surface area (Å²) in [7, 11) is 0. The number of nitrogens with zero attached hydrogens (tertiary/aromatic N) is 1. The lowest BCUT2D eigenvalue weighted by Gasteiger charge is -2.10. The number of esters is 1. The summed E-state index contributed by atoms with van der Waals surface area (Å²) in [6.07, 6.45) is 0.0245. The van der Waals surface area contributed by atoms with Gasteiger partial charge in [-0.2, -0.15) is 0 Å². The second kappa shape index (κ2) is 8.67. The number of rotatable bonds is 7. The van der Waals surface area contributed by atoms with Gasteiger partial charge in [0, 0.05) is 41.1 Å². The van der Waals surface area contributed by atoms with E-state index in [0.29, 0.717) is 10.6 Å². The Morgan fingerprint density at radius 1 is 1.15 bits per heavy atom. The first-order valence-corrected chi connectivity index (χ1v) is 8.55. The standard InChI is InChI=1S/C19H21ClN2O4/c1-12-10-17(13(2)22(12)16-6-4-15(20)5-7-16)18(24)11-26-19(25)8-9-21-14(3)23/h4-7,10H,8-9,11H2,1-3H3,(H,21,23). The van der Waals surface area contributed by atoms with E-state index in [-0.39, 0.29) is 31.3 Å². The molecule has 1 amide bonds. The third-order valence-corrected chi connectivity index (χ3v) is 4.14. The van der Waals surface area contributed by atoms with E-state index in [0.717, 1.165) is 17.1 Å². The Morgan fingerprint density at radius 3 is 2.42 bits per heavy atom. The number of carbonyl (C=O) groups excluding carboxylic acids is 3. The van der Waals surface area contributed by atoms with E-state index < -0.39 is 5.97 Å². The van der Waals surface area contributed by atoms with E-state index in [1.165, 1.54) is 6.92 Å². The van der Waals surface area contributed by atoms with Gasteiger partial charge in [0.1, 0.15) is 0 Å². The lowest BCUT2D eigenvalue weighted by atomic mass is 10.1. The van der Waals surface area contributed by atoms with Crippen LogP contribution in [0.5, 0.6) is 0 Å². The van der Waals surface area contributed by atoms with Crippen LogP contribution in [0.15, 0.2) is 30.3 Å². The van der Waals surface area contributed by atoms with E-state index in [2.05, 4.69) is 5.32 Å². The van der Waals surface area contributed by atoms with Gasteiger partial charge in [-0.1, -0.05) is 11.6 Å². The van der Waals surface area contributed by atoms with Crippen LogP contribution in [0, 0.1) is 13.8 Å². The van der Waals surface area contributed by atoms with Crippen LogP contribution in [0.1, 0.15) is 35.1 Å². The van der Waals surface area contributed by atoms with Crippen molar-refractivity contribution in [2.45, 2.75) is 27.2 Å². The van der Waals surface area contributed by atoms with E-state index in [4.69, 9.17) is 16.3 Å². The molecular formula is C19H21ClN2O4. The SMILES string of the molecule is CC(=O)NCCC(=O)OCC(=O)c1cc(C)n(-c2ccc(Cl)cc2)c1C. The number of carbonyl (C=O) groups is 3. The molecule has 0 aliphatic heterocycles. The van der Waals surface area contributed by atoms with Crippen LogP contribution in [0.25, 0.3) is 5.69 Å². The molecule has 0 unspecified atom stereocenters. The average Bonchev–Trinajstić information content (AvgIpc) is 2.88. The van der Waals surface area contributed by atoms with Crippen molar-refractivity contribution in [3.63, 3.8) is 0 Å². The van der Waals surface area contributed by atoms with Crippen LogP contribution in [-0.2, 0) is 14.3 Å². The van der Waals surface area contributed by atoms with Crippen LogP contribution in [0.4, 0.5) is 0 Å². The van der Waals surface area contributed by atoms with Crippen molar-refractivity contribution in [3.05, 3.63) is 52.3 Å². The maximum Gasteiger partial charge on any atom is 0.308 e. The molecule has 1 aromatic carbocycles. The van der Waals surface area contributed by atoms with Gasteiger partial charge in [-0.3, -0.25) is 14.4 Å². The Balaban J connectivity index is 2.04. The fraction of sp³-hybridized carbons (Fsp3) is 0.316. The number of nitrogens with one attached hydrogen (secondary N) is 1. The Hall–Kier alpha value is -2.60. The summed E-state index contributed by atoms with van der Waals surface area (Å²) in [5.41, 5.74) is 3.07. The molecule has 0 aliphatic rings. The molecule has 0 fully saturated rings. The highest BCUT2D eigenvalue weighted by Crippen LogP contribution is 2.22. The third-order valence-electron chi connectivity index (χ3n) is 3.88. The van der Waals surface area contributed by atoms with Gasteiger partial charge >= 0.3 is 5.97 Å². The molecule has 0 atom stereocenters. The maximum atomic E-state index is 12.4. The molecule has 1 heterocycles. The number of ketones is 1. The molecule has 0 saturated carbocycles. The molecular weight excluding hydrogens is 356 g/mol. The number of Topliss-reactive ketones (excluding diaryl/α,β-unsaturated/α-hetero) is 1. The highest BCUT2D eigenvalue weighted by molar-refractivity contribution is 6.30. The molecule has 138 valence electrons. The van der Waals surface area contributed by atoms with E-state index in [1.54, 1.807) is 18.2 Å². The molecule has 0 radical (unpaired) electrons. The second-order valence-electron chi connectivity index (χ2n) is 5.91. The lowest BCUT2D eigenvalue weighted by molar-refractivity contribution is -0.142. The van der Waals surface area contributed by atoms with Crippen molar-refractivity contribution in [1.82, 2.24) is 9.88 Å². The minimum atomic E-state index is -0.529.